The highest BCUT2D eigenvalue weighted by Gasteiger charge is 2.27. The van der Waals surface area contributed by atoms with Crippen molar-refractivity contribution in [3.05, 3.63) is 140 Å². The average molecular weight is 554 g/mol. The summed E-state index contributed by atoms with van der Waals surface area (Å²) in [5, 5.41) is 4.28. The first kappa shape index (κ1) is 23.7. The van der Waals surface area contributed by atoms with Crippen molar-refractivity contribution in [1.29, 1.82) is 0 Å². The van der Waals surface area contributed by atoms with Gasteiger partial charge in [0.15, 0.2) is 28.8 Å². The topological polar surface area (TPSA) is 49.2 Å². The van der Waals surface area contributed by atoms with Crippen LogP contribution in [0.15, 0.2) is 140 Å². The van der Waals surface area contributed by atoms with E-state index in [1.54, 1.807) is 0 Å². The van der Waals surface area contributed by atoms with E-state index in [1.807, 2.05) is 72.8 Å². The van der Waals surface area contributed by atoms with Gasteiger partial charge in [0, 0.05) is 33.4 Å². The summed E-state index contributed by atoms with van der Waals surface area (Å²) in [7, 11) is 0. The largest absolute Gasteiger partial charge is 0.449 e. The summed E-state index contributed by atoms with van der Waals surface area (Å²) in [5.41, 5.74) is 4.73. The molecular formula is C38H23N3O2. The second-order valence-corrected chi connectivity index (χ2v) is 10.6. The molecule has 0 radical (unpaired) electrons. The summed E-state index contributed by atoms with van der Waals surface area (Å²) in [6.07, 6.45) is 0. The van der Waals surface area contributed by atoms with Crippen molar-refractivity contribution < 1.29 is 9.47 Å². The molecule has 5 nitrogen and oxygen atoms in total. The molecule has 0 saturated carbocycles. The van der Waals surface area contributed by atoms with Crippen LogP contribution in [0, 0.1) is 0 Å². The molecule has 3 heterocycles. The molecule has 0 N–H and O–H groups in total. The molecule has 5 heteroatoms. The number of hydrogen-bond donors (Lipinski definition) is 0. The minimum atomic E-state index is 0.654. The predicted octanol–water partition coefficient (Wildman–Crippen LogP) is 9.96. The minimum Gasteiger partial charge on any atom is -0.449 e. The maximum atomic E-state index is 6.73. The zero-order valence-corrected chi connectivity index (χ0v) is 22.9. The fraction of sp³-hybridized carbons (Fsp3) is 0. The first-order chi connectivity index (χ1) is 21.3. The number of para-hydroxylation sites is 1. The Kier molecular flexibility index (Phi) is 5.13. The van der Waals surface area contributed by atoms with Gasteiger partial charge in [-0.2, -0.15) is 0 Å². The van der Waals surface area contributed by atoms with Gasteiger partial charge in [0.1, 0.15) is 11.3 Å². The van der Waals surface area contributed by atoms with Crippen LogP contribution in [0.25, 0.3) is 61.0 Å². The molecule has 8 aromatic rings. The molecule has 0 unspecified atom stereocenters. The van der Waals surface area contributed by atoms with Crippen molar-refractivity contribution in [2.24, 2.45) is 0 Å². The zero-order valence-electron chi connectivity index (χ0n) is 22.9. The summed E-state index contributed by atoms with van der Waals surface area (Å²) in [5.74, 6) is 4.15. The lowest BCUT2D eigenvalue weighted by Gasteiger charge is -2.23. The molecule has 202 valence electrons. The van der Waals surface area contributed by atoms with Crippen LogP contribution < -0.4 is 9.47 Å². The van der Waals surface area contributed by atoms with Crippen LogP contribution in [-0.4, -0.2) is 14.5 Å². The fourth-order valence-corrected chi connectivity index (χ4v) is 6.08. The van der Waals surface area contributed by atoms with Crippen molar-refractivity contribution >= 4 is 32.6 Å². The quantitative estimate of drug-likeness (QED) is 0.218. The van der Waals surface area contributed by atoms with E-state index in [0.29, 0.717) is 23.1 Å². The molecule has 1 aliphatic rings. The number of benzene rings is 6. The Hall–Kier alpha value is -5.94. The third-order valence-electron chi connectivity index (χ3n) is 8.06. The zero-order chi connectivity index (χ0) is 28.3. The van der Waals surface area contributed by atoms with E-state index in [4.69, 9.17) is 19.4 Å². The normalized spacial score (nSPS) is 12.1. The third kappa shape index (κ3) is 3.72. The molecule has 0 saturated heterocycles. The van der Waals surface area contributed by atoms with Gasteiger partial charge in [-0.1, -0.05) is 109 Å². The van der Waals surface area contributed by atoms with Crippen LogP contribution in [0.3, 0.4) is 0 Å². The number of rotatable bonds is 3. The van der Waals surface area contributed by atoms with Crippen molar-refractivity contribution in [2.45, 2.75) is 0 Å². The number of hydrogen-bond acceptors (Lipinski definition) is 4. The highest BCUT2D eigenvalue weighted by atomic mass is 16.6. The first-order valence-corrected chi connectivity index (χ1v) is 14.3. The van der Waals surface area contributed by atoms with E-state index in [0.717, 1.165) is 61.0 Å². The van der Waals surface area contributed by atoms with Crippen molar-refractivity contribution in [2.75, 3.05) is 0 Å². The minimum absolute atomic E-state index is 0.654. The highest BCUT2D eigenvalue weighted by Crippen LogP contribution is 2.52. The van der Waals surface area contributed by atoms with E-state index < -0.39 is 0 Å². The molecule has 0 amide bonds. The lowest BCUT2D eigenvalue weighted by Crippen LogP contribution is -2.05. The van der Waals surface area contributed by atoms with Gasteiger partial charge in [0.05, 0.1) is 11.2 Å². The Balaban J connectivity index is 1.34. The average Bonchev–Trinajstić information content (AvgIpc) is 3.43. The maximum absolute atomic E-state index is 6.73. The first-order valence-electron chi connectivity index (χ1n) is 14.3. The molecule has 0 atom stereocenters. The number of fused-ring (bicyclic) bond motifs is 8. The number of ether oxygens (including phenoxy) is 2. The van der Waals surface area contributed by atoms with Gasteiger partial charge in [-0.25, -0.2) is 9.97 Å². The summed E-state index contributed by atoms with van der Waals surface area (Å²) < 4.78 is 15.5. The van der Waals surface area contributed by atoms with Crippen LogP contribution in [0.1, 0.15) is 0 Å². The number of nitrogens with zero attached hydrogens (tertiary/aromatic N) is 3. The molecule has 0 aliphatic carbocycles. The van der Waals surface area contributed by atoms with Gasteiger partial charge in [0.2, 0.25) is 0 Å². The van der Waals surface area contributed by atoms with Crippen LogP contribution in [-0.2, 0) is 0 Å². The molecule has 6 aromatic carbocycles. The van der Waals surface area contributed by atoms with Crippen molar-refractivity contribution in [1.82, 2.24) is 14.5 Å². The van der Waals surface area contributed by atoms with Crippen LogP contribution in [0.2, 0.25) is 0 Å². The third-order valence-corrected chi connectivity index (χ3v) is 8.06. The summed E-state index contributed by atoms with van der Waals surface area (Å²) >= 11 is 0. The lowest BCUT2D eigenvalue weighted by molar-refractivity contribution is 0.366. The van der Waals surface area contributed by atoms with Gasteiger partial charge in [0.25, 0.3) is 0 Å². The van der Waals surface area contributed by atoms with Gasteiger partial charge >= 0.3 is 0 Å². The van der Waals surface area contributed by atoms with E-state index in [1.165, 1.54) is 0 Å². The Labute approximate surface area is 247 Å². The SMILES string of the molecule is c1ccc(-c2cc(-n3c4ccccc4c4ccc5c(c43)Oc3ccc4ccccc4c3O5)nc(-c3ccccc3)n2)cc1. The summed E-state index contributed by atoms with van der Waals surface area (Å²) in [4.78, 5) is 10.2. The highest BCUT2D eigenvalue weighted by molar-refractivity contribution is 6.12. The molecule has 0 fully saturated rings. The standard InChI is InChI=1S/C38H23N3O2/c1-3-12-25(13-4-1)30-23-34(40-38(39-30)26-14-5-2-6-15-26)41-31-18-10-9-17-28(31)29-20-22-33-37(35(29)41)43-32-21-19-24-11-7-8-16-27(24)36(32)42-33/h1-23H. The molecule has 2 aromatic heterocycles. The molecule has 0 spiro atoms. The summed E-state index contributed by atoms with van der Waals surface area (Å²) in [6, 6.07) is 47.1. The van der Waals surface area contributed by atoms with E-state index in [-0.39, 0.29) is 0 Å². The Morgan fingerprint density at radius 1 is 0.488 bits per heavy atom. The Morgan fingerprint density at radius 2 is 1.14 bits per heavy atom. The van der Waals surface area contributed by atoms with Crippen LogP contribution in [0.4, 0.5) is 0 Å². The Bertz CT molecular complexity index is 2290. The molecule has 1 aliphatic heterocycles. The van der Waals surface area contributed by atoms with Crippen LogP contribution >= 0.6 is 0 Å². The van der Waals surface area contributed by atoms with E-state index in [2.05, 4.69) is 71.3 Å². The number of aromatic nitrogens is 3. The van der Waals surface area contributed by atoms with E-state index >= 15 is 0 Å². The van der Waals surface area contributed by atoms with Gasteiger partial charge < -0.3 is 9.47 Å². The van der Waals surface area contributed by atoms with Crippen LogP contribution in [0.5, 0.6) is 23.0 Å². The van der Waals surface area contributed by atoms with Gasteiger partial charge in [-0.15, -0.1) is 0 Å². The second kappa shape index (κ2) is 9.29. The van der Waals surface area contributed by atoms with Gasteiger partial charge in [-0.05, 0) is 29.7 Å². The fourth-order valence-electron chi connectivity index (χ4n) is 6.08. The Morgan fingerprint density at radius 3 is 1.98 bits per heavy atom. The monoisotopic (exact) mass is 553 g/mol. The summed E-state index contributed by atoms with van der Waals surface area (Å²) in [6.45, 7) is 0. The maximum Gasteiger partial charge on any atom is 0.194 e. The molecule has 0 bridgehead atoms. The molecule has 9 rings (SSSR count). The predicted molar refractivity (Wildman–Crippen MR) is 171 cm³/mol. The smallest absolute Gasteiger partial charge is 0.194 e. The lowest BCUT2D eigenvalue weighted by atomic mass is 10.1. The molecular weight excluding hydrogens is 530 g/mol. The van der Waals surface area contributed by atoms with Crippen molar-refractivity contribution in [3.63, 3.8) is 0 Å². The molecule has 43 heavy (non-hydrogen) atoms. The van der Waals surface area contributed by atoms with E-state index in [9.17, 15) is 0 Å². The van der Waals surface area contributed by atoms with Crippen molar-refractivity contribution in [3.8, 4) is 51.5 Å². The van der Waals surface area contributed by atoms with Gasteiger partial charge in [-0.3, -0.25) is 4.57 Å². The second-order valence-electron chi connectivity index (χ2n) is 10.6.